The highest BCUT2D eigenvalue weighted by Gasteiger charge is 2.35. The number of aryl methyl sites for hydroxylation is 1. The quantitative estimate of drug-likeness (QED) is 0.299. The van der Waals surface area contributed by atoms with Gasteiger partial charge >= 0.3 is 17.4 Å². The summed E-state index contributed by atoms with van der Waals surface area (Å²) in [5, 5.41) is 4.73. The van der Waals surface area contributed by atoms with Crippen molar-refractivity contribution in [2.45, 2.75) is 24.5 Å². The molecule has 0 saturated heterocycles. The molecule has 0 saturated carbocycles. The maximum Gasteiger partial charge on any atom is 0.419 e. The Bertz CT molecular complexity index is 1700. The Morgan fingerprint density at radius 3 is 2.42 bits per heavy atom. The number of hydrogen-bond donors (Lipinski definition) is 1. The van der Waals surface area contributed by atoms with Crippen molar-refractivity contribution in [3.05, 3.63) is 94.8 Å². The van der Waals surface area contributed by atoms with Crippen LogP contribution in [0.25, 0.3) is 10.1 Å². The maximum absolute atomic E-state index is 13.9. The van der Waals surface area contributed by atoms with E-state index in [0.29, 0.717) is 28.3 Å². The largest absolute Gasteiger partial charge is 0.419 e. The predicted octanol–water partition coefficient (Wildman–Crippen LogP) is 5.62. The Kier molecular flexibility index (Phi) is 6.65. The zero-order chi connectivity index (χ0) is 27.2. The molecular formula is C24H17F4N3O4S3. The molecule has 198 valence electrons. The number of halogens is 4. The number of sulfonamides is 1. The molecule has 7 nitrogen and oxygen atoms in total. The zero-order valence-corrected chi connectivity index (χ0v) is 21.8. The van der Waals surface area contributed by atoms with Crippen LogP contribution in [0.3, 0.4) is 0 Å². The van der Waals surface area contributed by atoms with Crippen LogP contribution < -0.4 is 9.03 Å². The molecule has 0 fully saturated rings. The molecule has 3 aromatic carbocycles. The number of nitrogens with one attached hydrogen (secondary N) is 1. The summed E-state index contributed by atoms with van der Waals surface area (Å²) in [7, 11) is -4.31. The van der Waals surface area contributed by atoms with E-state index in [2.05, 4.69) is 14.2 Å². The minimum atomic E-state index is -4.95. The molecule has 0 aliphatic carbocycles. The number of rotatable bonds is 6. The molecule has 0 radical (unpaired) electrons. The van der Waals surface area contributed by atoms with Crippen LogP contribution in [-0.2, 0) is 38.3 Å². The van der Waals surface area contributed by atoms with Crippen LogP contribution >= 0.6 is 11.3 Å². The number of fused-ring (bicyclic) bond motifs is 1. The first-order valence-corrected chi connectivity index (χ1v) is 14.2. The molecule has 14 heteroatoms. The second kappa shape index (κ2) is 9.67. The van der Waals surface area contributed by atoms with Gasteiger partial charge in [0.05, 0.1) is 17.0 Å². The number of amidine groups is 1. The maximum atomic E-state index is 13.9. The number of anilines is 1. The van der Waals surface area contributed by atoms with Gasteiger partial charge < -0.3 is 0 Å². The summed E-state index contributed by atoms with van der Waals surface area (Å²) >= 11 is -0.657. The smallest absolute Gasteiger partial charge is 0.269 e. The monoisotopic (exact) mass is 583 g/mol. The van der Waals surface area contributed by atoms with Gasteiger partial charge in [-0.15, -0.1) is 11.3 Å². The predicted molar refractivity (Wildman–Crippen MR) is 137 cm³/mol. The summed E-state index contributed by atoms with van der Waals surface area (Å²) < 4.78 is 102. The lowest BCUT2D eigenvalue weighted by Gasteiger charge is -2.25. The molecular weight excluding hydrogens is 566 g/mol. The molecule has 0 bridgehead atoms. The van der Waals surface area contributed by atoms with Gasteiger partial charge in [-0.1, -0.05) is 24.3 Å². The average Bonchev–Trinajstić information content (AvgIpc) is 3.46. The molecule has 4 aromatic rings. The molecule has 0 amide bonds. The highest BCUT2D eigenvalue weighted by molar-refractivity contribution is 7.93. The van der Waals surface area contributed by atoms with E-state index >= 15 is 0 Å². The highest BCUT2D eigenvalue weighted by Crippen LogP contribution is 2.41. The van der Waals surface area contributed by atoms with E-state index in [-0.39, 0.29) is 16.3 Å². The average molecular weight is 584 g/mol. The standard InChI is InChI=1S/C24H17F4N3O4S3/c1-14-18-4-2-3-5-21(18)36-23(14)31(13-15-6-11-20(25)19(12-15)24(26,27)28)38(33,34)17-9-7-16(8-10-17)22-29-35-37(32)30-22/h2-12H,13H2,1H3,(H,29,30). The third-order valence-electron chi connectivity index (χ3n) is 5.80. The second-order valence-corrected chi connectivity index (χ2v) is 11.9. The molecule has 1 aromatic heterocycles. The van der Waals surface area contributed by atoms with Crippen molar-refractivity contribution in [2.24, 2.45) is 5.16 Å². The Labute approximate surface area is 221 Å². The van der Waals surface area contributed by atoms with Crippen molar-refractivity contribution < 1.29 is 34.5 Å². The van der Waals surface area contributed by atoms with Gasteiger partial charge in [-0.25, -0.2) is 12.8 Å². The van der Waals surface area contributed by atoms with Crippen molar-refractivity contribution in [1.29, 1.82) is 0 Å². The number of nitrogens with zero attached hydrogens (tertiary/aromatic N) is 2. The third kappa shape index (κ3) is 4.86. The van der Waals surface area contributed by atoms with E-state index in [1.807, 2.05) is 12.1 Å². The SMILES string of the molecule is Cc1c(N(Cc2ccc(F)c(C(F)(F)F)c2)S(=O)(=O)c2ccc(C3=NOS(=O)N3)cc2)sc2ccccc12. The van der Waals surface area contributed by atoms with Crippen molar-refractivity contribution in [3.63, 3.8) is 0 Å². The molecule has 0 spiro atoms. The number of thiophene rings is 1. The second-order valence-electron chi connectivity index (χ2n) is 8.23. The summed E-state index contributed by atoms with van der Waals surface area (Å²) in [5.74, 6) is -1.30. The van der Waals surface area contributed by atoms with Crippen LogP contribution in [-0.4, -0.2) is 18.5 Å². The minimum Gasteiger partial charge on any atom is -0.269 e. The molecule has 38 heavy (non-hydrogen) atoms. The van der Waals surface area contributed by atoms with Crippen LogP contribution in [0.4, 0.5) is 22.6 Å². The first-order chi connectivity index (χ1) is 17.9. The van der Waals surface area contributed by atoms with E-state index in [1.54, 1.807) is 19.1 Å². The van der Waals surface area contributed by atoms with E-state index < -0.39 is 45.4 Å². The summed E-state index contributed by atoms with van der Waals surface area (Å²) in [6.45, 7) is 1.26. The van der Waals surface area contributed by atoms with Gasteiger partial charge in [0.1, 0.15) is 10.8 Å². The summed E-state index contributed by atoms with van der Waals surface area (Å²) in [6.07, 6.45) is -4.95. The Hall–Kier alpha value is -3.49. The van der Waals surface area contributed by atoms with Crippen LogP contribution in [0, 0.1) is 12.7 Å². The molecule has 1 aliphatic rings. The summed E-state index contributed by atoms with van der Waals surface area (Å²) in [5.41, 5.74) is -0.477. The fraction of sp³-hybridized carbons (Fsp3) is 0.125. The highest BCUT2D eigenvalue weighted by atomic mass is 32.2. The van der Waals surface area contributed by atoms with Crippen LogP contribution in [0.5, 0.6) is 0 Å². The van der Waals surface area contributed by atoms with Crippen molar-refractivity contribution in [1.82, 2.24) is 4.72 Å². The van der Waals surface area contributed by atoms with Gasteiger partial charge in [0.15, 0.2) is 5.84 Å². The van der Waals surface area contributed by atoms with E-state index in [9.17, 15) is 30.2 Å². The fourth-order valence-electron chi connectivity index (χ4n) is 3.93. The Morgan fingerprint density at radius 2 is 1.79 bits per heavy atom. The first-order valence-electron chi connectivity index (χ1n) is 10.9. The van der Waals surface area contributed by atoms with E-state index in [0.717, 1.165) is 20.5 Å². The lowest BCUT2D eigenvalue weighted by Crippen LogP contribution is -2.30. The normalized spacial score (nSPS) is 15.7. The molecule has 1 unspecified atom stereocenters. The summed E-state index contributed by atoms with van der Waals surface area (Å²) in [4.78, 5) is -0.142. The van der Waals surface area contributed by atoms with E-state index in [1.165, 1.54) is 35.6 Å². The molecule has 1 aliphatic heterocycles. The van der Waals surface area contributed by atoms with Crippen LogP contribution in [0.15, 0.2) is 76.8 Å². The van der Waals surface area contributed by atoms with Gasteiger partial charge in [0.2, 0.25) is 0 Å². The number of hydrogen-bond acceptors (Lipinski definition) is 6. The van der Waals surface area contributed by atoms with Gasteiger partial charge in [-0.2, -0.15) is 17.4 Å². The first kappa shape index (κ1) is 26.1. The van der Waals surface area contributed by atoms with Crippen LogP contribution in [0.1, 0.15) is 22.3 Å². The number of oxime groups is 1. The minimum absolute atomic E-state index is 0.0417. The molecule has 1 N–H and O–H groups in total. The third-order valence-corrected chi connectivity index (χ3v) is 9.54. The van der Waals surface area contributed by atoms with Gasteiger partial charge in [0.25, 0.3) is 10.0 Å². The van der Waals surface area contributed by atoms with Crippen molar-refractivity contribution in [2.75, 3.05) is 4.31 Å². The van der Waals surface area contributed by atoms with Gasteiger partial charge in [0, 0.05) is 10.3 Å². The zero-order valence-electron chi connectivity index (χ0n) is 19.3. The van der Waals surface area contributed by atoms with Gasteiger partial charge in [-0.3, -0.25) is 13.3 Å². The lowest BCUT2D eigenvalue weighted by molar-refractivity contribution is -0.140. The lowest BCUT2D eigenvalue weighted by atomic mass is 10.1. The topological polar surface area (TPSA) is 88.1 Å². The Morgan fingerprint density at radius 1 is 1.08 bits per heavy atom. The number of alkyl halides is 3. The fourth-order valence-corrected chi connectivity index (χ4v) is 7.35. The number of benzene rings is 3. The molecule has 1 atom stereocenters. The molecule has 5 rings (SSSR count). The van der Waals surface area contributed by atoms with Gasteiger partial charge in [-0.05, 0) is 71.1 Å². The summed E-state index contributed by atoms with van der Waals surface area (Å²) in [6, 6.07) is 15.1. The van der Waals surface area contributed by atoms with Crippen LogP contribution in [0.2, 0.25) is 0 Å². The van der Waals surface area contributed by atoms with Crippen molar-refractivity contribution in [3.8, 4) is 0 Å². The van der Waals surface area contributed by atoms with E-state index in [4.69, 9.17) is 0 Å². The molecule has 2 heterocycles. The Balaban J connectivity index is 1.60. The van der Waals surface area contributed by atoms with Crippen molar-refractivity contribution >= 4 is 53.5 Å².